The highest BCUT2D eigenvalue weighted by Crippen LogP contribution is 2.26. The van der Waals surface area contributed by atoms with Crippen LogP contribution in [-0.4, -0.2) is 22.6 Å². The molecule has 1 aliphatic heterocycles. The third-order valence-electron chi connectivity index (χ3n) is 3.17. The molecule has 2 heterocycles. The van der Waals surface area contributed by atoms with Gasteiger partial charge in [-0.1, -0.05) is 13.8 Å². The number of hydrogen-bond donors (Lipinski definition) is 0. The SMILES string of the molecule is CC(C)C1CCCN1c1ncc(CCl)cn1. The summed E-state index contributed by atoms with van der Waals surface area (Å²) >= 11 is 5.72. The lowest BCUT2D eigenvalue weighted by atomic mass is 10.0. The molecule has 4 heteroatoms. The first-order valence-corrected chi connectivity index (χ1v) is 6.39. The van der Waals surface area contributed by atoms with E-state index in [9.17, 15) is 0 Å². The van der Waals surface area contributed by atoms with Crippen molar-refractivity contribution in [2.24, 2.45) is 5.92 Å². The number of nitrogens with zero attached hydrogens (tertiary/aromatic N) is 3. The van der Waals surface area contributed by atoms with Gasteiger partial charge in [0.2, 0.25) is 5.95 Å². The van der Waals surface area contributed by atoms with Crippen LogP contribution in [0.3, 0.4) is 0 Å². The Morgan fingerprint density at radius 3 is 2.69 bits per heavy atom. The van der Waals surface area contributed by atoms with Gasteiger partial charge in [0, 0.05) is 30.5 Å². The molecule has 1 fully saturated rings. The van der Waals surface area contributed by atoms with E-state index in [1.165, 1.54) is 12.8 Å². The molecule has 2 rings (SSSR count). The van der Waals surface area contributed by atoms with E-state index in [2.05, 4.69) is 28.7 Å². The van der Waals surface area contributed by atoms with Gasteiger partial charge in [-0.05, 0) is 18.8 Å². The van der Waals surface area contributed by atoms with Crippen molar-refractivity contribution in [3.63, 3.8) is 0 Å². The molecule has 88 valence electrons. The van der Waals surface area contributed by atoms with Crippen LogP contribution >= 0.6 is 11.6 Å². The van der Waals surface area contributed by atoms with E-state index < -0.39 is 0 Å². The highest BCUT2D eigenvalue weighted by molar-refractivity contribution is 6.17. The molecule has 1 atom stereocenters. The maximum Gasteiger partial charge on any atom is 0.225 e. The summed E-state index contributed by atoms with van der Waals surface area (Å²) in [5, 5.41) is 0. The van der Waals surface area contributed by atoms with Crippen molar-refractivity contribution in [3.8, 4) is 0 Å². The molecule has 3 nitrogen and oxygen atoms in total. The zero-order valence-electron chi connectivity index (χ0n) is 9.86. The Morgan fingerprint density at radius 1 is 1.44 bits per heavy atom. The van der Waals surface area contributed by atoms with E-state index in [4.69, 9.17) is 11.6 Å². The minimum Gasteiger partial charge on any atom is -0.338 e. The summed E-state index contributed by atoms with van der Waals surface area (Å²) in [5.74, 6) is 1.98. The topological polar surface area (TPSA) is 29.0 Å². The molecular formula is C12H18ClN3. The molecule has 1 aromatic rings. The molecule has 1 aromatic heterocycles. The number of rotatable bonds is 3. The van der Waals surface area contributed by atoms with Crippen molar-refractivity contribution < 1.29 is 0 Å². The van der Waals surface area contributed by atoms with Crippen LogP contribution in [0.1, 0.15) is 32.3 Å². The van der Waals surface area contributed by atoms with Gasteiger partial charge in [-0.2, -0.15) is 0 Å². The fourth-order valence-corrected chi connectivity index (χ4v) is 2.44. The van der Waals surface area contributed by atoms with Crippen molar-refractivity contribution in [1.82, 2.24) is 9.97 Å². The van der Waals surface area contributed by atoms with Crippen molar-refractivity contribution >= 4 is 17.5 Å². The van der Waals surface area contributed by atoms with Gasteiger partial charge < -0.3 is 4.90 Å². The number of aromatic nitrogens is 2. The highest BCUT2D eigenvalue weighted by Gasteiger charge is 2.28. The van der Waals surface area contributed by atoms with Gasteiger partial charge in [-0.25, -0.2) is 9.97 Å². The van der Waals surface area contributed by atoms with E-state index >= 15 is 0 Å². The Balaban J connectivity index is 2.16. The van der Waals surface area contributed by atoms with Gasteiger partial charge in [0.05, 0.1) is 5.88 Å². The fourth-order valence-electron chi connectivity index (χ4n) is 2.30. The van der Waals surface area contributed by atoms with Crippen LogP contribution in [0.4, 0.5) is 5.95 Å². The minimum atomic E-state index is 0.480. The zero-order chi connectivity index (χ0) is 11.5. The van der Waals surface area contributed by atoms with Crippen molar-refractivity contribution in [2.75, 3.05) is 11.4 Å². The number of halogens is 1. The Hall–Kier alpha value is -0.830. The summed E-state index contributed by atoms with van der Waals surface area (Å²) in [6.07, 6.45) is 6.14. The molecule has 16 heavy (non-hydrogen) atoms. The first kappa shape index (κ1) is 11.6. The predicted octanol–water partition coefficient (Wildman–Crippen LogP) is 2.84. The molecule has 0 N–H and O–H groups in total. The summed E-state index contributed by atoms with van der Waals surface area (Å²) in [6.45, 7) is 5.59. The molecule has 0 bridgehead atoms. The quantitative estimate of drug-likeness (QED) is 0.760. The molecule has 1 saturated heterocycles. The first-order valence-electron chi connectivity index (χ1n) is 5.86. The Kier molecular flexibility index (Phi) is 3.64. The Morgan fingerprint density at radius 2 is 2.12 bits per heavy atom. The molecule has 0 spiro atoms. The molecule has 1 aliphatic rings. The molecule has 0 radical (unpaired) electrons. The van der Waals surface area contributed by atoms with Crippen molar-refractivity contribution in [1.29, 1.82) is 0 Å². The number of alkyl halides is 1. The van der Waals surface area contributed by atoms with Gasteiger partial charge >= 0.3 is 0 Å². The molecule has 0 aliphatic carbocycles. The maximum absolute atomic E-state index is 5.72. The normalized spacial score (nSPS) is 20.8. The average Bonchev–Trinajstić information content (AvgIpc) is 2.78. The summed E-state index contributed by atoms with van der Waals surface area (Å²) in [5.41, 5.74) is 0.978. The van der Waals surface area contributed by atoms with E-state index in [1.54, 1.807) is 0 Å². The highest BCUT2D eigenvalue weighted by atomic mass is 35.5. The van der Waals surface area contributed by atoms with E-state index in [0.29, 0.717) is 17.8 Å². The van der Waals surface area contributed by atoms with Gasteiger partial charge in [0.15, 0.2) is 0 Å². The summed E-state index contributed by atoms with van der Waals surface area (Å²) < 4.78 is 0. The van der Waals surface area contributed by atoms with Gasteiger partial charge in [0.25, 0.3) is 0 Å². The Bertz CT molecular complexity index is 337. The number of anilines is 1. The van der Waals surface area contributed by atoms with Crippen LogP contribution in [0.2, 0.25) is 0 Å². The monoisotopic (exact) mass is 239 g/mol. The van der Waals surface area contributed by atoms with E-state index in [-0.39, 0.29) is 0 Å². The second kappa shape index (κ2) is 5.00. The van der Waals surface area contributed by atoms with Crippen LogP contribution in [0, 0.1) is 5.92 Å². The smallest absolute Gasteiger partial charge is 0.225 e. The van der Waals surface area contributed by atoms with Crippen molar-refractivity contribution in [2.45, 2.75) is 38.6 Å². The second-order valence-corrected chi connectivity index (χ2v) is 4.94. The van der Waals surface area contributed by atoms with Gasteiger partial charge in [-0.15, -0.1) is 11.6 Å². The first-order chi connectivity index (χ1) is 7.72. The lowest BCUT2D eigenvalue weighted by Gasteiger charge is -2.27. The standard InChI is InChI=1S/C12H18ClN3/c1-9(2)11-4-3-5-16(11)12-14-7-10(6-13)8-15-12/h7-9,11H,3-6H2,1-2H3. The number of hydrogen-bond acceptors (Lipinski definition) is 3. The van der Waals surface area contributed by atoms with Crippen molar-refractivity contribution in [3.05, 3.63) is 18.0 Å². The molecule has 0 saturated carbocycles. The van der Waals surface area contributed by atoms with Gasteiger partial charge in [-0.3, -0.25) is 0 Å². The van der Waals surface area contributed by atoms with Crippen LogP contribution in [-0.2, 0) is 5.88 Å². The molecule has 0 aromatic carbocycles. The summed E-state index contributed by atoms with van der Waals surface area (Å²) in [7, 11) is 0. The van der Waals surface area contributed by atoms with E-state index in [1.807, 2.05) is 12.4 Å². The molecule has 1 unspecified atom stereocenters. The molecule has 0 amide bonds. The van der Waals surface area contributed by atoms with Crippen LogP contribution < -0.4 is 4.90 Å². The second-order valence-electron chi connectivity index (χ2n) is 4.67. The maximum atomic E-state index is 5.72. The van der Waals surface area contributed by atoms with E-state index in [0.717, 1.165) is 18.1 Å². The largest absolute Gasteiger partial charge is 0.338 e. The van der Waals surface area contributed by atoms with Crippen LogP contribution in [0.15, 0.2) is 12.4 Å². The Labute approximate surface area is 102 Å². The fraction of sp³-hybridized carbons (Fsp3) is 0.667. The van der Waals surface area contributed by atoms with Crippen LogP contribution in [0.25, 0.3) is 0 Å². The minimum absolute atomic E-state index is 0.480. The lowest BCUT2D eigenvalue weighted by Crippen LogP contribution is -2.34. The third kappa shape index (κ3) is 2.29. The third-order valence-corrected chi connectivity index (χ3v) is 3.48. The van der Waals surface area contributed by atoms with Gasteiger partial charge in [0.1, 0.15) is 0 Å². The summed E-state index contributed by atoms with van der Waals surface area (Å²) in [4.78, 5) is 11.1. The predicted molar refractivity (Wildman–Crippen MR) is 66.8 cm³/mol. The summed E-state index contributed by atoms with van der Waals surface area (Å²) in [6, 6.07) is 0.585. The average molecular weight is 240 g/mol. The van der Waals surface area contributed by atoms with Crippen LogP contribution in [0.5, 0.6) is 0 Å². The zero-order valence-corrected chi connectivity index (χ0v) is 10.6. The lowest BCUT2D eigenvalue weighted by molar-refractivity contribution is 0.487. The molecular weight excluding hydrogens is 222 g/mol.